The molecule has 1 aromatic carbocycles. The molecule has 2 amide bonds. The zero-order chi connectivity index (χ0) is 28.1. The molecular formula is C27H25F3N6O3S. The quantitative estimate of drug-likeness (QED) is 0.311. The van der Waals surface area contributed by atoms with Crippen molar-refractivity contribution in [2.75, 3.05) is 5.32 Å². The summed E-state index contributed by atoms with van der Waals surface area (Å²) < 4.78 is 42.1. The van der Waals surface area contributed by atoms with Gasteiger partial charge in [0.1, 0.15) is 5.75 Å². The average molecular weight is 571 g/mol. The first-order valence-electron chi connectivity index (χ1n) is 12.6. The van der Waals surface area contributed by atoms with E-state index >= 15 is 0 Å². The van der Waals surface area contributed by atoms with E-state index in [-0.39, 0.29) is 17.8 Å². The van der Waals surface area contributed by atoms with E-state index in [0.29, 0.717) is 34.3 Å². The van der Waals surface area contributed by atoms with Gasteiger partial charge in [-0.15, -0.1) is 13.2 Å². The SMILES string of the molecule is O=C1NC(=O)C(=Cc2ccnc(NC3CCC(NCc4cccnc4-c4cccc(OC(F)(F)F)c4)CC3)n2)S1. The third kappa shape index (κ3) is 7.36. The highest BCUT2D eigenvalue weighted by Crippen LogP contribution is 2.29. The molecule has 9 nitrogen and oxygen atoms in total. The summed E-state index contributed by atoms with van der Waals surface area (Å²) in [5, 5.41) is 8.73. The summed E-state index contributed by atoms with van der Waals surface area (Å²) in [4.78, 5) is 36.6. The molecule has 0 spiro atoms. The molecule has 1 aliphatic carbocycles. The van der Waals surface area contributed by atoms with E-state index in [4.69, 9.17) is 0 Å². The monoisotopic (exact) mass is 570 g/mol. The number of imide groups is 1. The van der Waals surface area contributed by atoms with Gasteiger partial charge in [0.25, 0.3) is 11.1 Å². The van der Waals surface area contributed by atoms with Crippen LogP contribution in [0.15, 0.2) is 59.8 Å². The first-order chi connectivity index (χ1) is 19.2. The number of alkyl halides is 3. The van der Waals surface area contributed by atoms with E-state index in [1.54, 1.807) is 36.7 Å². The fourth-order valence-corrected chi connectivity index (χ4v) is 5.31. The van der Waals surface area contributed by atoms with Crippen molar-refractivity contribution in [3.63, 3.8) is 0 Å². The predicted molar refractivity (Wildman–Crippen MR) is 144 cm³/mol. The van der Waals surface area contributed by atoms with Crippen LogP contribution < -0.4 is 20.7 Å². The third-order valence-electron chi connectivity index (χ3n) is 6.47. The van der Waals surface area contributed by atoms with Gasteiger partial charge < -0.3 is 15.4 Å². The van der Waals surface area contributed by atoms with Crippen molar-refractivity contribution >= 4 is 34.9 Å². The molecule has 1 saturated carbocycles. The highest BCUT2D eigenvalue weighted by atomic mass is 32.2. The first kappa shape index (κ1) is 27.6. The molecule has 1 saturated heterocycles. The molecule has 208 valence electrons. The molecular weight excluding hydrogens is 545 g/mol. The van der Waals surface area contributed by atoms with Crippen LogP contribution in [0.25, 0.3) is 17.3 Å². The van der Waals surface area contributed by atoms with Crippen LogP contribution in [0.2, 0.25) is 0 Å². The maximum absolute atomic E-state index is 12.7. The highest BCUT2D eigenvalue weighted by molar-refractivity contribution is 8.18. The number of thioether (sulfide) groups is 1. The maximum atomic E-state index is 12.7. The van der Waals surface area contributed by atoms with Gasteiger partial charge in [0.15, 0.2) is 0 Å². The number of halogens is 3. The van der Waals surface area contributed by atoms with E-state index in [0.717, 1.165) is 43.0 Å². The van der Waals surface area contributed by atoms with Gasteiger partial charge in [-0.1, -0.05) is 18.2 Å². The normalized spacial score (nSPS) is 20.4. The van der Waals surface area contributed by atoms with Crippen molar-refractivity contribution in [1.82, 2.24) is 25.6 Å². The number of pyridine rings is 1. The Hall–Kier alpha value is -3.97. The number of aromatic nitrogens is 3. The number of hydrogen-bond donors (Lipinski definition) is 3. The zero-order valence-electron chi connectivity index (χ0n) is 21.1. The van der Waals surface area contributed by atoms with Gasteiger partial charge in [-0.3, -0.25) is 19.9 Å². The Balaban J connectivity index is 1.15. The van der Waals surface area contributed by atoms with Crippen LogP contribution in [-0.4, -0.2) is 44.5 Å². The molecule has 2 fully saturated rings. The Morgan fingerprint density at radius 2 is 1.82 bits per heavy atom. The van der Waals surface area contributed by atoms with Gasteiger partial charge in [-0.05, 0) is 73.4 Å². The smallest absolute Gasteiger partial charge is 0.406 e. The van der Waals surface area contributed by atoms with Gasteiger partial charge in [-0.2, -0.15) is 0 Å². The number of hydrogen-bond acceptors (Lipinski definition) is 9. The van der Waals surface area contributed by atoms with E-state index in [2.05, 4.69) is 35.6 Å². The highest BCUT2D eigenvalue weighted by Gasteiger charge is 2.31. The molecule has 0 radical (unpaired) electrons. The van der Waals surface area contributed by atoms with Gasteiger partial charge in [0.05, 0.1) is 16.3 Å². The molecule has 3 N–H and O–H groups in total. The lowest BCUT2D eigenvalue weighted by molar-refractivity contribution is -0.274. The zero-order valence-corrected chi connectivity index (χ0v) is 21.9. The van der Waals surface area contributed by atoms with E-state index in [1.165, 1.54) is 18.2 Å². The summed E-state index contributed by atoms with van der Waals surface area (Å²) in [5.74, 6) is -0.266. The molecule has 3 aromatic rings. The summed E-state index contributed by atoms with van der Waals surface area (Å²) in [7, 11) is 0. The second-order valence-electron chi connectivity index (χ2n) is 9.32. The van der Waals surface area contributed by atoms with Crippen molar-refractivity contribution in [2.24, 2.45) is 0 Å². The molecule has 13 heteroatoms. The average Bonchev–Trinajstić information content (AvgIpc) is 3.24. The Morgan fingerprint density at radius 1 is 1.02 bits per heavy atom. The van der Waals surface area contributed by atoms with Gasteiger partial charge in [0, 0.05) is 36.6 Å². The Bertz CT molecular complexity index is 1430. The van der Waals surface area contributed by atoms with E-state index in [1.807, 2.05) is 6.07 Å². The van der Waals surface area contributed by atoms with Crippen LogP contribution in [0, 0.1) is 0 Å². The summed E-state index contributed by atoms with van der Waals surface area (Å²) >= 11 is 0.838. The molecule has 0 unspecified atom stereocenters. The van der Waals surface area contributed by atoms with Gasteiger partial charge in [0.2, 0.25) is 5.95 Å². The van der Waals surface area contributed by atoms with E-state index < -0.39 is 17.5 Å². The number of rotatable bonds is 8. The second-order valence-corrected chi connectivity index (χ2v) is 10.3. The predicted octanol–water partition coefficient (Wildman–Crippen LogP) is 5.27. The first-order valence-corrected chi connectivity index (χ1v) is 13.4. The number of carbonyl (C=O) groups excluding carboxylic acids is 2. The molecule has 40 heavy (non-hydrogen) atoms. The van der Waals surface area contributed by atoms with Crippen molar-refractivity contribution in [3.8, 4) is 17.0 Å². The van der Waals surface area contributed by atoms with Crippen LogP contribution >= 0.6 is 11.8 Å². The molecule has 3 heterocycles. The lowest BCUT2D eigenvalue weighted by Gasteiger charge is -2.30. The third-order valence-corrected chi connectivity index (χ3v) is 7.28. The Morgan fingerprint density at radius 3 is 2.58 bits per heavy atom. The minimum Gasteiger partial charge on any atom is -0.406 e. The van der Waals surface area contributed by atoms with Gasteiger partial charge in [-0.25, -0.2) is 9.97 Å². The number of carbonyl (C=O) groups is 2. The standard InChI is InChI=1S/C27H25F3N6O3S/c28-27(29,30)39-21-5-1-3-16(13-21)23-17(4-2-11-31-23)15-33-18-6-8-19(9-7-18)34-25-32-12-10-20(35-25)14-22-24(37)36-26(38)40-22/h1-5,10-14,18-19,33H,6-9,15H2,(H,32,34,35)(H,36,37,38). The van der Waals surface area contributed by atoms with Crippen LogP contribution in [0.5, 0.6) is 5.75 Å². The summed E-state index contributed by atoms with van der Waals surface area (Å²) in [6, 6.07) is 11.6. The molecule has 2 aliphatic rings. The minimum absolute atomic E-state index is 0.178. The van der Waals surface area contributed by atoms with Crippen molar-refractivity contribution < 1.29 is 27.5 Å². The number of nitrogens with zero attached hydrogens (tertiary/aromatic N) is 3. The molecule has 2 aromatic heterocycles. The minimum atomic E-state index is -4.76. The lowest BCUT2D eigenvalue weighted by Crippen LogP contribution is -2.37. The fraction of sp³-hybridized carbons (Fsp3) is 0.296. The van der Waals surface area contributed by atoms with Crippen LogP contribution in [0.3, 0.4) is 0 Å². The second kappa shape index (κ2) is 12.0. The number of anilines is 1. The summed E-state index contributed by atoms with van der Waals surface area (Å²) in [6.45, 7) is 0.518. The lowest BCUT2D eigenvalue weighted by atomic mass is 9.91. The van der Waals surface area contributed by atoms with Crippen molar-refractivity contribution in [1.29, 1.82) is 0 Å². The topological polar surface area (TPSA) is 118 Å². The van der Waals surface area contributed by atoms with Crippen LogP contribution in [0.1, 0.15) is 36.9 Å². The molecule has 0 atom stereocenters. The molecule has 5 rings (SSSR count). The fourth-order valence-electron chi connectivity index (χ4n) is 4.64. The summed E-state index contributed by atoms with van der Waals surface area (Å²) in [5.41, 5.74) is 2.55. The summed E-state index contributed by atoms with van der Waals surface area (Å²) in [6.07, 6.45) is 3.60. The van der Waals surface area contributed by atoms with Crippen LogP contribution in [0.4, 0.5) is 23.9 Å². The number of nitrogens with one attached hydrogen (secondary N) is 3. The van der Waals surface area contributed by atoms with Gasteiger partial charge >= 0.3 is 6.36 Å². The van der Waals surface area contributed by atoms with Crippen LogP contribution in [-0.2, 0) is 11.3 Å². The molecule has 1 aliphatic heterocycles. The largest absolute Gasteiger partial charge is 0.573 e. The number of benzene rings is 1. The van der Waals surface area contributed by atoms with Crippen molar-refractivity contribution in [2.45, 2.75) is 50.7 Å². The Labute approximate surface area is 232 Å². The number of amides is 2. The van der Waals surface area contributed by atoms with E-state index in [9.17, 15) is 22.8 Å². The Kier molecular flexibility index (Phi) is 8.31. The number of ether oxygens (including phenoxy) is 1. The maximum Gasteiger partial charge on any atom is 0.573 e. The van der Waals surface area contributed by atoms with Crippen molar-refractivity contribution in [3.05, 3.63) is 71.0 Å². The molecule has 0 bridgehead atoms.